The van der Waals surface area contributed by atoms with Gasteiger partial charge in [-0.1, -0.05) is 13.0 Å². The highest BCUT2D eigenvalue weighted by Crippen LogP contribution is 2.36. The fourth-order valence-electron chi connectivity index (χ4n) is 3.50. The van der Waals surface area contributed by atoms with Crippen molar-refractivity contribution >= 4 is 0 Å². The Kier molecular flexibility index (Phi) is 3.85. The zero-order chi connectivity index (χ0) is 14.1. The molecule has 3 unspecified atom stereocenters. The molecule has 0 aromatic heterocycles. The average Bonchev–Trinajstić information content (AvgIpc) is 2.78. The third-order valence-corrected chi connectivity index (χ3v) is 4.41. The van der Waals surface area contributed by atoms with Gasteiger partial charge in [0, 0.05) is 25.2 Å². The molecule has 0 radical (unpaired) electrons. The average molecular weight is 276 g/mol. The molecule has 2 aliphatic heterocycles. The summed E-state index contributed by atoms with van der Waals surface area (Å²) in [4.78, 5) is 2.52. The van der Waals surface area contributed by atoms with Crippen molar-refractivity contribution in [2.24, 2.45) is 11.7 Å². The lowest BCUT2D eigenvalue weighted by molar-refractivity contribution is 0.168. The van der Waals surface area contributed by atoms with Crippen molar-refractivity contribution in [1.29, 1.82) is 0 Å². The summed E-state index contributed by atoms with van der Waals surface area (Å²) in [5, 5.41) is 0. The van der Waals surface area contributed by atoms with Crippen LogP contribution in [-0.4, -0.2) is 37.2 Å². The van der Waals surface area contributed by atoms with E-state index in [4.69, 9.17) is 15.2 Å². The molecular weight excluding hydrogens is 252 g/mol. The molecular formula is C16H24N2O2. The molecule has 2 aliphatic rings. The van der Waals surface area contributed by atoms with Crippen LogP contribution in [0.1, 0.15) is 31.9 Å². The molecule has 20 heavy (non-hydrogen) atoms. The first-order valence-electron chi connectivity index (χ1n) is 7.54. The van der Waals surface area contributed by atoms with Crippen LogP contribution in [0.15, 0.2) is 18.2 Å². The first kappa shape index (κ1) is 13.7. The number of fused-ring (bicyclic) bond motifs is 1. The zero-order valence-electron chi connectivity index (χ0n) is 12.3. The van der Waals surface area contributed by atoms with Gasteiger partial charge < -0.3 is 15.2 Å². The summed E-state index contributed by atoms with van der Waals surface area (Å²) in [6.45, 7) is 7.63. The van der Waals surface area contributed by atoms with E-state index < -0.39 is 0 Å². The molecule has 1 fully saturated rings. The van der Waals surface area contributed by atoms with Crippen molar-refractivity contribution in [3.63, 3.8) is 0 Å². The highest BCUT2D eigenvalue weighted by molar-refractivity contribution is 5.44. The van der Waals surface area contributed by atoms with Crippen molar-refractivity contribution in [2.75, 3.05) is 26.3 Å². The first-order chi connectivity index (χ1) is 9.69. The van der Waals surface area contributed by atoms with Gasteiger partial charge in [-0.05, 0) is 37.0 Å². The smallest absolute Gasteiger partial charge is 0.161 e. The monoisotopic (exact) mass is 276 g/mol. The van der Waals surface area contributed by atoms with Crippen molar-refractivity contribution in [1.82, 2.24) is 4.90 Å². The number of rotatable bonds is 3. The predicted octanol–water partition coefficient (Wildman–Crippen LogP) is 2.19. The molecule has 1 aromatic carbocycles. The molecule has 0 aliphatic carbocycles. The molecule has 110 valence electrons. The van der Waals surface area contributed by atoms with E-state index >= 15 is 0 Å². The summed E-state index contributed by atoms with van der Waals surface area (Å²) in [5.41, 5.74) is 7.29. The van der Waals surface area contributed by atoms with Crippen LogP contribution >= 0.6 is 0 Å². The molecule has 0 saturated carbocycles. The minimum atomic E-state index is 0.269. The molecule has 2 N–H and O–H groups in total. The van der Waals surface area contributed by atoms with Crippen LogP contribution in [0.25, 0.3) is 0 Å². The molecule has 4 nitrogen and oxygen atoms in total. The van der Waals surface area contributed by atoms with Gasteiger partial charge in [0.2, 0.25) is 0 Å². The highest BCUT2D eigenvalue weighted by Gasteiger charge is 2.32. The lowest BCUT2D eigenvalue weighted by atomic mass is 10.0. The van der Waals surface area contributed by atoms with E-state index in [1.165, 1.54) is 12.0 Å². The molecule has 3 rings (SSSR count). The van der Waals surface area contributed by atoms with Crippen molar-refractivity contribution in [2.45, 2.75) is 32.4 Å². The Balaban J connectivity index is 1.86. The second-order valence-corrected chi connectivity index (χ2v) is 6.04. The Hall–Kier alpha value is -1.26. The van der Waals surface area contributed by atoms with Gasteiger partial charge in [-0.15, -0.1) is 0 Å². The topological polar surface area (TPSA) is 47.7 Å². The first-order valence-corrected chi connectivity index (χ1v) is 7.54. The van der Waals surface area contributed by atoms with Gasteiger partial charge in [0.15, 0.2) is 11.5 Å². The minimum absolute atomic E-state index is 0.269. The predicted molar refractivity (Wildman–Crippen MR) is 79.2 cm³/mol. The van der Waals surface area contributed by atoms with E-state index in [1.807, 2.05) is 6.07 Å². The lowest BCUT2D eigenvalue weighted by Gasteiger charge is -2.31. The van der Waals surface area contributed by atoms with Gasteiger partial charge in [0.25, 0.3) is 0 Å². The van der Waals surface area contributed by atoms with Gasteiger partial charge in [0.05, 0.1) is 0 Å². The van der Waals surface area contributed by atoms with Crippen LogP contribution in [0.5, 0.6) is 11.5 Å². The Morgan fingerprint density at radius 2 is 2.00 bits per heavy atom. The summed E-state index contributed by atoms with van der Waals surface area (Å²) in [6.07, 6.45) is 1.25. The van der Waals surface area contributed by atoms with Crippen LogP contribution in [0, 0.1) is 5.92 Å². The van der Waals surface area contributed by atoms with E-state index in [-0.39, 0.29) is 6.04 Å². The summed E-state index contributed by atoms with van der Waals surface area (Å²) in [6, 6.07) is 7.09. The summed E-state index contributed by atoms with van der Waals surface area (Å²) >= 11 is 0. The molecule has 2 heterocycles. The molecule has 0 spiro atoms. The maximum Gasteiger partial charge on any atom is 0.161 e. The van der Waals surface area contributed by atoms with E-state index in [2.05, 4.69) is 30.9 Å². The van der Waals surface area contributed by atoms with E-state index in [0.717, 1.165) is 24.0 Å². The number of benzene rings is 1. The molecule has 1 aromatic rings. The van der Waals surface area contributed by atoms with E-state index in [1.54, 1.807) is 0 Å². The van der Waals surface area contributed by atoms with E-state index in [0.29, 0.717) is 25.8 Å². The second kappa shape index (κ2) is 5.62. The van der Waals surface area contributed by atoms with Crippen LogP contribution in [0.3, 0.4) is 0 Å². The van der Waals surface area contributed by atoms with Gasteiger partial charge in [-0.2, -0.15) is 0 Å². The summed E-state index contributed by atoms with van der Waals surface area (Å²) in [7, 11) is 0. The van der Waals surface area contributed by atoms with Crippen molar-refractivity contribution in [3.8, 4) is 11.5 Å². The number of nitrogens with two attached hydrogens (primary N) is 1. The van der Waals surface area contributed by atoms with Crippen molar-refractivity contribution in [3.05, 3.63) is 23.8 Å². The largest absolute Gasteiger partial charge is 0.486 e. The Morgan fingerprint density at radius 1 is 1.25 bits per heavy atom. The number of nitrogens with zero attached hydrogens (tertiary/aromatic N) is 1. The Bertz CT molecular complexity index is 478. The van der Waals surface area contributed by atoms with Crippen LogP contribution in [0.2, 0.25) is 0 Å². The van der Waals surface area contributed by atoms with Crippen LogP contribution in [-0.2, 0) is 0 Å². The fourth-order valence-corrected chi connectivity index (χ4v) is 3.50. The van der Waals surface area contributed by atoms with Gasteiger partial charge >= 0.3 is 0 Å². The van der Waals surface area contributed by atoms with Gasteiger partial charge in [-0.25, -0.2) is 0 Å². The number of likely N-dealkylation sites (tertiary alicyclic amines) is 1. The zero-order valence-corrected chi connectivity index (χ0v) is 12.3. The number of ether oxygens (including phenoxy) is 2. The molecule has 1 saturated heterocycles. The standard InChI is InChI=1S/C16H24N2O2/c1-11-7-12(2)18(10-11)14(9-17)13-3-4-15-16(8-13)20-6-5-19-15/h3-4,8,11-12,14H,5-7,9-10,17H2,1-2H3. The third-order valence-electron chi connectivity index (χ3n) is 4.41. The lowest BCUT2D eigenvalue weighted by Crippen LogP contribution is -2.36. The molecule has 0 amide bonds. The number of hydrogen-bond donors (Lipinski definition) is 1. The quantitative estimate of drug-likeness (QED) is 0.919. The van der Waals surface area contributed by atoms with E-state index in [9.17, 15) is 0 Å². The summed E-state index contributed by atoms with van der Waals surface area (Å²) < 4.78 is 11.3. The highest BCUT2D eigenvalue weighted by atomic mass is 16.6. The minimum Gasteiger partial charge on any atom is -0.486 e. The SMILES string of the molecule is CC1CC(C)N(C(CN)c2ccc3c(c2)OCCO3)C1. The van der Waals surface area contributed by atoms with Crippen molar-refractivity contribution < 1.29 is 9.47 Å². The Morgan fingerprint density at radius 3 is 2.65 bits per heavy atom. The maximum absolute atomic E-state index is 6.05. The van der Waals surface area contributed by atoms with Crippen LogP contribution in [0.4, 0.5) is 0 Å². The Labute approximate surface area is 120 Å². The van der Waals surface area contributed by atoms with Crippen LogP contribution < -0.4 is 15.2 Å². The number of hydrogen-bond acceptors (Lipinski definition) is 4. The fraction of sp³-hybridized carbons (Fsp3) is 0.625. The second-order valence-electron chi connectivity index (χ2n) is 6.04. The van der Waals surface area contributed by atoms with Gasteiger partial charge in [0.1, 0.15) is 13.2 Å². The summed E-state index contributed by atoms with van der Waals surface area (Å²) in [5.74, 6) is 2.45. The molecule has 3 atom stereocenters. The third kappa shape index (κ3) is 2.50. The van der Waals surface area contributed by atoms with Gasteiger partial charge in [-0.3, -0.25) is 4.90 Å². The maximum atomic E-state index is 6.05. The normalized spacial score (nSPS) is 27.6. The molecule has 0 bridgehead atoms. The molecule has 4 heteroatoms.